The minimum Gasteiger partial charge on any atom is -0.442 e. The van der Waals surface area contributed by atoms with Gasteiger partial charge in [0.1, 0.15) is 22.5 Å². The minimum atomic E-state index is -0.692. The van der Waals surface area contributed by atoms with E-state index in [2.05, 4.69) is 26.2 Å². The first kappa shape index (κ1) is 12.9. The number of aromatic nitrogens is 3. The molecule has 2 aromatic rings. The molecule has 18 heavy (non-hydrogen) atoms. The summed E-state index contributed by atoms with van der Waals surface area (Å²) in [5.41, 5.74) is 0.0123. The quantitative estimate of drug-likeness (QED) is 0.749. The van der Waals surface area contributed by atoms with Crippen molar-refractivity contribution in [2.75, 3.05) is 0 Å². The topological polar surface area (TPSA) is 57.0 Å². The van der Waals surface area contributed by atoms with Crippen molar-refractivity contribution in [2.45, 2.75) is 26.4 Å². The third-order valence-corrected chi connectivity index (χ3v) is 2.64. The number of carbonyl (C=O) groups excluding carboxylic acids is 1. The number of halogens is 2. The molecule has 2 rings (SSSR count). The SMILES string of the molecule is CC(C)(C)OC(=O)n1nnc2c(Br)cc(F)cc21. The van der Waals surface area contributed by atoms with E-state index in [1.807, 2.05) is 0 Å². The Bertz CT molecular complexity index is 619. The van der Waals surface area contributed by atoms with Crippen LogP contribution in [0.15, 0.2) is 16.6 Å². The average molecular weight is 316 g/mol. The Morgan fingerprint density at radius 2 is 2.11 bits per heavy atom. The van der Waals surface area contributed by atoms with Crippen LogP contribution in [0.2, 0.25) is 0 Å². The lowest BCUT2D eigenvalue weighted by atomic mass is 10.2. The number of carbonyl (C=O) groups is 1. The maximum atomic E-state index is 13.3. The summed E-state index contributed by atoms with van der Waals surface area (Å²) in [5.74, 6) is -0.485. The van der Waals surface area contributed by atoms with Gasteiger partial charge in [-0.15, -0.1) is 9.78 Å². The van der Waals surface area contributed by atoms with E-state index < -0.39 is 17.5 Å². The second-order valence-electron chi connectivity index (χ2n) is 4.74. The van der Waals surface area contributed by atoms with Crippen LogP contribution in [0.25, 0.3) is 11.0 Å². The van der Waals surface area contributed by atoms with Gasteiger partial charge in [0.25, 0.3) is 0 Å². The molecular formula is C11H11BrFN3O2. The number of nitrogens with zero attached hydrogens (tertiary/aromatic N) is 3. The molecule has 7 heteroatoms. The van der Waals surface area contributed by atoms with E-state index in [9.17, 15) is 9.18 Å². The zero-order valence-electron chi connectivity index (χ0n) is 10.1. The smallest absolute Gasteiger partial charge is 0.437 e. The zero-order chi connectivity index (χ0) is 13.5. The molecule has 0 bridgehead atoms. The van der Waals surface area contributed by atoms with Gasteiger partial charge >= 0.3 is 6.09 Å². The molecule has 1 aromatic carbocycles. The van der Waals surface area contributed by atoms with Gasteiger partial charge in [-0.05, 0) is 42.8 Å². The van der Waals surface area contributed by atoms with Crippen molar-refractivity contribution < 1.29 is 13.9 Å². The lowest BCUT2D eigenvalue weighted by Gasteiger charge is -2.18. The van der Waals surface area contributed by atoms with Gasteiger partial charge in [-0.1, -0.05) is 5.21 Å². The normalized spacial score (nSPS) is 11.8. The first-order chi connectivity index (χ1) is 8.28. The zero-order valence-corrected chi connectivity index (χ0v) is 11.7. The summed E-state index contributed by atoms with van der Waals surface area (Å²) >= 11 is 3.16. The summed E-state index contributed by atoms with van der Waals surface area (Å²) in [6, 6.07) is 2.44. The van der Waals surface area contributed by atoms with Crippen LogP contribution in [0.1, 0.15) is 20.8 Å². The monoisotopic (exact) mass is 315 g/mol. The second-order valence-corrected chi connectivity index (χ2v) is 5.59. The minimum absolute atomic E-state index is 0.260. The molecule has 1 heterocycles. The van der Waals surface area contributed by atoms with Crippen molar-refractivity contribution in [1.29, 1.82) is 0 Å². The van der Waals surface area contributed by atoms with Crippen LogP contribution in [0.3, 0.4) is 0 Å². The Labute approximate surface area is 111 Å². The molecule has 1 aromatic heterocycles. The standard InChI is InChI=1S/C11H11BrFN3O2/c1-11(2,3)18-10(17)16-8-5-6(13)4-7(12)9(8)14-15-16/h4-5H,1-3H3. The highest BCUT2D eigenvalue weighted by molar-refractivity contribution is 9.10. The van der Waals surface area contributed by atoms with Crippen LogP contribution >= 0.6 is 15.9 Å². The summed E-state index contributed by atoms with van der Waals surface area (Å²) in [6.07, 6.45) is -0.692. The summed E-state index contributed by atoms with van der Waals surface area (Å²) in [6.45, 7) is 5.21. The van der Waals surface area contributed by atoms with E-state index in [0.29, 0.717) is 9.99 Å². The number of fused-ring (bicyclic) bond motifs is 1. The van der Waals surface area contributed by atoms with Crippen LogP contribution in [0, 0.1) is 5.82 Å². The molecule has 0 atom stereocenters. The Kier molecular flexibility index (Phi) is 3.10. The predicted molar refractivity (Wildman–Crippen MR) is 66.8 cm³/mol. The highest BCUT2D eigenvalue weighted by Crippen LogP contribution is 2.23. The Morgan fingerprint density at radius 3 is 2.72 bits per heavy atom. The van der Waals surface area contributed by atoms with E-state index in [1.54, 1.807) is 20.8 Å². The lowest BCUT2D eigenvalue weighted by molar-refractivity contribution is 0.0519. The van der Waals surface area contributed by atoms with E-state index in [0.717, 1.165) is 4.68 Å². The maximum absolute atomic E-state index is 13.3. The van der Waals surface area contributed by atoms with E-state index in [-0.39, 0.29) is 5.52 Å². The predicted octanol–water partition coefficient (Wildman–Crippen LogP) is 3.12. The van der Waals surface area contributed by atoms with E-state index in [1.165, 1.54) is 12.1 Å². The summed E-state index contributed by atoms with van der Waals surface area (Å²) in [7, 11) is 0. The van der Waals surface area contributed by atoms with Crippen molar-refractivity contribution in [1.82, 2.24) is 15.0 Å². The molecule has 0 aliphatic rings. The van der Waals surface area contributed by atoms with Gasteiger partial charge in [0, 0.05) is 6.07 Å². The van der Waals surface area contributed by atoms with Crippen molar-refractivity contribution in [3.8, 4) is 0 Å². The van der Waals surface area contributed by atoms with Crippen molar-refractivity contribution in [3.63, 3.8) is 0 Å². The first-order valence-corrected chi connectivity index (χ1v) is 6.01. The fraction of sp³-hybridized carbons (Fsp3) is 0.364. The Balaban J connectivity index is 2.49. The molecule has 96 valence electrons. The largest absolute Gasteiger partial charge is 0.442 e. The number of hydrogen-bond donors (Lipinski definition) is 0. The molecule has 0 unspecified atom stereocenters. The molecule has 0 amide bonds. The Morgan fingerprint density at radius 1 is 1.44 bits per heavy atom. The van der Waals surface area contributed by atoms with Crippen molar-refractivity contribution in [3.05, 3.63) is 22.4 Å². The third-order valence-electron chi connectivity index (χ3n) is 2.04. The molecule has 0 N–H and O–H groups in total. The van der Waals surface area contributed by atoms with Gasteiger partial charge in [0.15, 0.2) is 0 Å². The first-order valence-electron chi connectivity index (χ1n) is 5.22. The molecule has 0 aliphatic heterocycles. The van der Waals surface area contributed by atoms with Crippen LogP contribution in [-0.2, 0) is 4.74 Å². The fourth-order valence-electron chi connectivity index (χ4n) is 1.39. The second kappa shape index (κ2) is 4.31. The molecule has 0 spiro atoms. The van der Waals surface area contributed by atoms with Gasteiger partial charge < -0.3 is 4.74 Å². The van der Waals surface area contributed by atoms with Gasteiger partial charge in [-0.2, -0.15) is 0 Å². The molecule has 5 nitrogen and oxygen atoms in total. The molecule has 0 saturated carbocycles. The summed E-state index contributed by atoms with van der Waals surface area (Å²) < 4.78 is 19.8. The molecule has 0 saturated heterocycles. The highest BCUT2D eigenvalue weighted by atomic mass is 79.9. The van der Waals surface area contributed by atoms with E-state index in [4.69, 9.17) is 4.74 Å². The number of hydrogen-bond acceptors (Lipinski definition) is 4. The van der Waals surface area contributed by atoms with Crippen molar-refractivity contribution >= 4 is 33.1 Å². The third kappa shape index (κ3) is 2.50. The van der Waals surface area contributed by atoms with Crippen LogP contribution in [0.4, 0.5) is 9.18 Å². The lowest BCUT2D eigenvalue weighted by Crippen LogP contribution is -2.27. The maximum Gasteiger partial charge on any atom is 0.437 e. The number of benzene rings is 1. The fourth-order valence-corrected chi connectivity index (χ4v) is 1.89. The van der Waals surface area contributed by atoms with Gasteiger partial charge in [-0.3, -0.25) is 0 Å². The van der Waals surface area contributed by atoms with Crippen LogP contribution < -0.4 is 0 Å². The molecule has 0 fully saturated rings. The molecular weight excluding hydrogens is 305 g/mol. The van der Waals surface area contributed by atoms with Gasteiger partial charge in [-0.25, -0.2) is 9.18 Å². The van der Waals surface area contributed by atoms with Crippen LogP contribution in [0.5, 0.6) is 0 Å². The summed E-state index contributed by atoms with van der Waals surface area (Å²) in [4.78, 5) is 11.9. The molecule has 0 aliphatic carbocycles. The average Bonchev–Trinajstić information content (AvgIpc) is 2.58. The number of rotatable bonds is 0. The number of ether oxygens (including phenoxy) is 1. The van der Waals surface area contributed by atoms with Gasteiger partial charge in [0.05, 0.1) is 4.47 Å². The highest BCUT2D eigenvalue weighted by Gasteiger charge is 2.21. The van der Waals surface area contributed by atoms with Crippen LogP contribution in [-0.4, -0.2) is 26.7 Å². The Hall–Kier alpha value is -1.50. The van der Waals surface area contributed by atoms with Gasteiger partial charge in [0.2, 0.25) is 0 Å². The summed E-state index contributed by atoms with van der Waals surface area (Å²) in [5, 5.41) is 7.49. The molecule has 0 radical (unpaired) electrons. The van der Waals surface area contributed by atoms with Crippen molar-refractivity contribution in [2.24, 2.45) is 0 Å². The van der Waals surface area contributed by atoms with E-state index >= 15 is 0 Å².